The van der Waals surface area contributed by atoms with E-state index in [1.54, 1.807) is 0 Å². The largest absolute Gasteiger partial charge is 0.491 e. The average molecular weight is 213 g/mol. The van der Waals surface area contributed by atoms with E-state index in [1.807, 2.05) is 0 Å². The second kappa shape index (κ2) is 5.28. The molecule has 0 aliphatic carbocycles. The van der Waals surface area contributed by atoms with Gasteiger partial charge in [-0.3, -0.25) is 10.1 Å². The second-order valence-corrected chi connectivity index (χ2v) is 2.90. The Hall–Kier alpha value is -1.66. The molecule has 0 bridgehead atoms. The minimum Gasteiger partial charge on any atom is -0.491 e. The first kappa shape index (κ1) is 11.4. The molecule has 0 saturated carbocycles. The van der Waals surface area contributed by atoms with Crippen molar-refractivity contribution in [1.29, 1.82) is 0 Å². The second-order valence-electron chi connectivity index (χ2n) is 2.90. The topological polar surface area (TPSA) is 92.8 Å². The molecule has 1 rings (SSSR count). The first-order valence-corrected chi connectivity index (χ1v) is 4.29. The Morgan fingerprint density at radius 3 is 2.87 bits per heavy atom. The molecule has 2 N–H and O–H groups in total. The van der Waals surface area contributed by atoms with Crippen LogP contribution >= 0.6 is 0 Å². The van der Waals surface area contributed by atoms with E-state index in [2.05, 4.69) is 0 Å². The normalized spacial score (nSPS) is 12.1. The smallest absolute Gasteiger partial charge is 0.273 e. The van der Waals surface area contributed by atoms with Crippen LogP contribution in [-0.4, -0.2) is 34.5 Å². The van der Waals surface area contributed by atoms with Crippen LogP contribution < -0.4 is 4.74 Å². The van der Waals surface area contributed by atoms with Crippen molar-refractivity contribution in [3.05, 3.63) is 34.4 Å². The molecule has 0 aliphatic rings. The number of nitrogens with zero attached hydrogens (tertiary/aromatic N) is 1. The molecule has 0 radical (unpaired) electrons. The van der Waals surface area contributed by atoms with Gasteiger partial charge in [-0.25, -0.2) is 0 Å². The summed E-state index contributed by atoms with van der Waals surface area (Å²) in [5, 5.41) is 27.9. The Morgan fingerprint density at radius 1 is 1.53 bits per heavy atom. The molecule has 0 fully saturated rings. The van der Waals surface area contributed by atoms with Gasteiger partial charge in [0.15, 0.2) is 0 Å². The lowest BCUT2D eigenvalue weighted by Gasteiger charge is -2.09. The predicted octanol–water partition coefficient (Wildman–Crippen LogP) is 0.327. The van der Waals surface area contributed by atoms with Gasteiger partial charge in [0.2, 0.25) is 0 Å². The Bertz CT molecular complexity index is 341. The number of rotatable bonds is 5. The van der Waals surface area contributed by atoms with E-state index in [4.69, 9.17) is 14.9 Å². The van der Waals surface area contributed by atoms with Gasteiger partial charge in [0.05, 0.1) is 17.6 Å². The van der Waals surface area contributed by atoms with Gasteiger partial charge in [-0.1, -0.05) is 6.07 Å². The summed E-state index contributed by atoms with van der Waals surface area (Å²) < 4.78 is 5.04. The fourth-order valence-corrected chi connectivity index (χ4v) is 0.932. The van der Waals surface area contributed by atoms with Crippen LogP contribution in [0.5, 0.6) is 5.75 Å². The van der Waals surface area contributed by atoms with Crippen molar-refractivity contribution < 1.29 is 19.9 Å². The van der Waals surface area contributed by atoms with Crippen molar-refractivity contribution in [2.45, 2.75) is 6.10 Å². The van der Waals surface area contributed by atoms with Crippen molar-refractivity contribution in [1.82, 2.24) is 0 Å². The predicted molar refractivity (Wildman–Crippen MR) is 51.7 cm³/mol. The maximum atomic E-state index is 10.4. The van der Waals surface area contributed by atoms with Gasteiger partial charge in [0.25, 0.3) is 5.69 Å². The number of non-ortho nitro benzene ring substituents is 1. The van der Waals surface area contributed by atoms with Crippen molar-refractivity contribution in [3.63, 3.8) is 0 Å². The summed E-state index contributed by atoms with van der Waals surface area (Å²) in [6.45, 7) is -0.507. The number of nitro groups is 1. The lowest BCUT2D eigenvalue weighted by molar-refractivity contribution is -0.384. The van der Waals surface area contributed by atoms with Crippen LogP contribution in [0.15, 0.2) is 24.3 Å². The van der Waals surface area contributed by atoms with Crippen molar-refractivity contribution in [2.24, 2.45) is 0 Å². The first-order chi connectivity index (χ1) is 7.13. The highest BCUT2D eigenvalue weighted by Crippen LogP contribution is 2.18. The molecule has 0 spiro atoms. The Labute approximate surface area is 85.9 Å². The zero-order chi connectivity index (χ0) is 11.3. The van der Waals surface area contributed by atoms with Gasteiger partial charge < -0.3 is 14.9 Å². The number of hydrogen-bond donors (Lipinski definition) is 2. The van der Waals surface area contributed by atoms with E-state index >= 15 is 0 Å². The van der Waals surface area contributed by atoms with E-state index in [0.29, 0.717) is 0 Å². The lowest BCUT2D eigenvalue weighted by atomic mass is 10.3. The van der Waals surface area contributed by atoms with Gasteiger partial charge in [0, 0.05) is 6.07 Å². The standard InChI is InChI=1S/C9H11NO5/c11-5-8(12)6-15-9-3-1-2-7(4-9)10(13)14/h1-4,8,11-12H,5-6H2/t8-/m0/s1. The summed E-state index contributed by atoms with van der Waals surface area (Å²) in [6.07, 6.45) is -0.982. The number of hydrogen-bond acceptors (Lipinski definition) is 5. The minimum atomic E-state index is -0.982. The van der Waals surface area contributed by atoms with Crippen LogP contribution in [-0.2, 0) is 0 Å². The maximum absolute atomic E-state index is 10.4. The number of ether oxygens (including phenoxy) is 1. The Balaban J connectivity index is 2.62. The fraction of sp³-hybridized carbons (Fsp3) is 0.333. The molecule has 0 saturated heterocycles. The first-order valence-electron chi connectivity index (χ1n) is 4.29. The molecule has 1 atom stereocenters. The summed E-state index contributed by atoms with van der Waals surface area (Å²) in [4.78, 5) is 9.88. The SMILES string of the molecule is O=[N+]([O-])c1cccc(OC[C@@H](O)CO)c1. The van der Waals surface area contributed by atoms with E-state index in [9.17, 15) is 10.1 Å². The van der Waals surface area contributed by atoms with E-state index in [1.165, 1.54) is 24.3 Å². The molecule has 15 heavy (non-hydrogen) atoms. The van der Waals surface area contributed by atoms with Gasteiger partial charge >= 0.3 is 0 Å². The highest BCUT2D eigenvalue weighted by molar-refractivity contribution is 5.37. The van der Waals surface area contributed by atoms with Crippen LogP contribution in [0.2, 0.25) is 0 Å². The number of nitro benzene ring substituents is 1. The summed E-state index contributed by atoms with van der Waals surface area (Å²) in [6, 6.07) is 5.62. The van der Waals surface area contributed by atoms with E-state index in [-0.39, 0.29) is 18.0 Å². The van der Waals surface area contributed by atoms with Crippen LogP contribution in [0.1, 0.15) is 0 Å². The van der Waals surface area contributed by atoms with Crippen molar-refractivity contribution in [3.8, 4) is 5.75 Å². The Morgan fingerprint density at radius 2 is 2.27 bits per heavy atom. The van der Waals surface area contributed by atoms with Gasteiger partial charge in [-0.05, 0) is 6.07 Å². The lowest BCUT2D eigenvalue weighted by Crippen LogP contribution is -2.21. The van der Waals surface area contributed by atoms with Crippen LogP contribution in [0.4, 0.5) is 5.69 Å². The number of aliphatic hydroxyl groups is 2. The van der Waals surface area contributed by atoms with E-state index in [0.717, 1.165) is 0 Å². The van der Waals surface area contributed by atoms with Crippen LogP contribution in [0, 0.1) is 10.1 Å². The third-order valence-corrected chi connectivity index (χ3v) is 1.68. The van der Waals surface area contributed by atoms with Gasteiger partial charge in [-0.15, -0.1) is 0 Å². The molecule has 0 amide bonds. The molecule has 1 aromatic rings. The average Bonchev–Trinajstić information content (AvgIpc) is 2.26. The quantitative estimate of drug-likeness (QED) is 0.543. The van der Waals surface area contributed by atoms with Crippen molar-refractivity contribution in [2.75, 3.05) is 13.2 Å². The summed E-state index contributed by atoms with van der Waals surface area (Å²) in [5.74, 6) is 0.289. The molecule has 82 valence electrons. The highest BCUT2D eigenvalue weighted by Gasteiger charge is 2.07. The molecule has 0 aromatic heterocycles. The van der Waals surface area contributed by atoms with Gasteiger partial charge in [-0.2, -0.15) is 0 Å². The molecule has 1 aromatic carbocycles. The summed E-state index contributed by atoms with van der Waals surface area (Å²) in [7, 11) is 0. The van der Waals surface area contributed by atoms with Crippen LogP contribution in [0.3, 0.4) is 0 Å². The zero-order valence-electron chi connectivity index (χ0n) is 7.87. The monoisotopic (exact) mass is 213 g/mol. The molecule has 0 heterocycles. The van der Waals surface area contributed by atoms with E-state index < -0.39 is 17.6 Å². The van der Waals surface area contributed by atoms with Gasteiger partial charge in [0.1, 0.15) is 18.5 Å². The maximum Gasteiger partial charge on any atom is 0.273 e. The number of benzene rings is 1. The van der Waals surface area contributed by atoms with Crippen molar-refractivity contribution >= 4 is 5.69 Å². The molecular formula is C9H11NO5. The summed E-state index contributed by atoms with van der Waals surface area (Å²) >= 11 is 0. The molecule has 0 unspecified atom stereocenters. The minimum absolute atomic E-state index is 0.0778. The summed E-state index contributed by atoms with van der Waals surface area (Å²) in [5.41, 5.74) is -0.0778. The zero-order valence-corrected chi connectivity index (χ0v) is 7.87. The number of aliphatic hydroxyl groups excluding tert-OH is 2. The third kappa shape index (κ3) is 3.53. The third-order valence-electron chi connectivity index (χ3n) is 1.68. The van der Waals surface area contributed by atoms with Crippen LogP contribution in [0.25, 0.3) is 0 Å². The Kier molecular flexibility index (Phi) is 4.02. The fourth-order valence-electron chi connectivity index (χ4n) is 0.932. The molecule has 0 aliphatic heterocycles. The molecule has 6 heteroatoms. The molecular weight excluding hydrogens is 202 g/mol. The molecule has 6 nitrogen and oxygen atoms in total. The highest BCUT2D eigenvalue weighted by atomic mass is 16.6.